The van der Waals surface area contributed by atoms with Crippen LogP contribution in [0.3, 0.4) is 0 Å². The van der Waals surface area contributed by atoms with Crippen LogP contribution in [0.15, 0.2) is 18.2 Å². The SMILES string of the molecule is CSCC(C)NCc1ccc(C)c(C)c1. The van der Waals surface area contributed by atoms with Crippen molar-refractivity contribution in [2.24, 2.45) is 0 Å². The average Bonchev–Trinajstić information content (AvgIpc) is 2.20. The second-order valence-electron chi connectivity index (χ2n) is 4.16. The highest BCUT2D eigenvalue weighted by Gasteiger charge is 2.01. The maximum absolute atomic E-state index is 3.53. The standard InChI is InChI=1S/C13H21NS/c1-10-5-6-13(7-11(10)2)8-14-12(3)9-15-4/h5-7,12,14H,8-9H2,1-4H3. The minimum Gasteiger partial charge on any atom is -0.309 e. The van der Waals surface area contributed by atoms with Crippen molar-refractivity contribution in [1.29, 1.82) is 0 Å². The molecule has 2 heteroatoms. The highest BCUT2D eigenvalue weighted by molar-refractivity contribution is 7.98. The molecule has 1 atom stereocenters. The van der Waals surface area contributed by atoms with Crippen LogP contribution in [0.2, 0.25) is 0 Å². The van der Waals surface area contributed by atoms with Gasteiger partial charge in [0.05, 0.1) is 0 Å². The van der Waals surface area contributed by atoms with Crippen molar-refractivity contribution < 1.29 is 0 Å². The van der Waals surface area contributed by atoms with Gasteiger partial charge in [0.2, 0.25) is 0 Å². The molecule has 1 aromatic rings. The van der Waals surface area contributed by atoms with E-state index < -0.39 is 0 Å². The van der Waals surface area contributed by atoms with Gasteiger partial charge in [-0.3, -0.25) is 0 Å². The maximum atomic E-state index is 3.53. The first-order valence-corrected chi connectivity index (χ1v) is 6.81. The van der Waals surface area contributed by atoms with E-state index in [1.54, 1.807) is 0 Å². The fourth-order valence-electron chi connectivity index (χ4n) is 1.51. The van der Waals surface area contributed by atoms with Crippen molar-refractivity contribution in [2.75, 3.05) is 12.0 Å². The Bertz CT molecular complexity index is 309. The molecule has 84 valence electrons. The van der Waals surface area contributed by atoms with Gasteiger partial charge in [0.15, 0.2) is 0 Å². The zero-order chi connectivity index (χ0) is 11.3. The summed E-state index contributed by atoms with van der Waals surface area (Å²) in [5.74, 6) is 1.17. The summed E-state index contributed by atoms with van der Waals surface area (Å²) in [6, 6.07) is 7.27. The molecular formula is C13H21NS. The lowest BCUT2D eigenvalue weighted by atomic mass is 10.1. The molecule has 0 aliphatic carbocycles. The van der Waals surface area contributed by atoms with Crippen LogP contribution >= 0.6 is 11.8 Å². The minimum absolute atomic E-state index is 0.585. The summed E-state index contributed by atoms with van der Waals surface area (Å²) in [5, 5.41) is 3.53. The largest absolute Gasteiger partial charge is 0.309 e. The average molecular weight is 223 g/mol. The van der Waals surface area contributed by atoms with E-state index in [0.29, 0.717) is 6.04 Å². The van der Waals surface area contributed by atoms with Gasteiger partial charge in [-0.2, -0.15) is 11.8 Å². The molecule has 0 aliphatic rings. The maximum Gasteiger partial charge on any atom is 0.0208 e. The summed E-state index contributed by atoms with van der Waals surface area (Å²) < 4.78 is 0. The number of hydrogen-bond donors (Lipinski definition) is 1. The third kappa shape index (κ3) is 4.27. The molecule has 0 aliphatic heterocycles. The Balaban J connectivity index is 2.47. The van der Waals surface area contributed by atoms with Gasteiger partial charge in [-0.1, -0.05) is 18.2 Å². The van der Waals surface area contributed by atoms with E-state index in [-0.39, 0.29) is 0 Å². The first-order valence-electron chi connectivity index (χ1n) is 5.42. The van der Waals surface area contributed by atoms with E-state index in [1.807, 2.05) is 11.8 Å². The molecule has 0 saturated carbocycles. The van der Waals surface area contributed by atoms with Crippen LogP contribution in [0.25, 0.3) is 0 Å². The van der Waals surface area contributed by atoms with Gasteiger partial charge in [-0.25, -0.2) is 0 Å². The van der Waals surface area contributed by atoms with Crippen molar-refractivity contribution in [3.05, 3.63) is 34.9 Å². The van der Waals surface area contributed by atoms with E-state index in [0.717, 1.165) is 6.54 Å². The molecule has 1 N–H and O–H groups in total. The Morgan fingerprint density at radius 1 is 1.27 bits per heavy atom. The summed E-state index contributed by atoms with van der Waals surface area (Å²) in [7, 11) is 0. The third-order valence-corrected chi connectivity index (χ3v) is 3.48. The van der Waals surface area contributed by atoms with Gasteiger partial charge in [-0.15, -0.1) is 0 Å². The van der Waals surface area contributed by atoms with E-state index in [2.05, 4.69) is 50.5 Å². The molecule has 1 rings (SSSR count). The third-order valence-electron chi connectivity index (χ3n) is 2.64. The summed E-state index contributed by atoms with van der Waals surface area (Å²) in [5.41, 5.74) is 4.13. The molecule has 0 radical (unpaired) electrons. The van der Waals surface area contributed by atoms with Gasteiger partial charge < -0.3 is 5.32 Å². The van der Waals surface area contributed by atoms with Crippen molar-refractivity contribution in [2.45, 2.75) is 33.4 Å². The Labute approximate surface area is 97.7 Å². The van der Waals surface area contributed by atoms with Crippen molar-refractivity contribution >= 4 is 11.8 Å². The van der Waals surface area contributed by atoms with E-state index in [1.165, 1.54) is 22.4 Å². The molecule has 15 heavy (non-hydrogen) atoms. The molecular weight excluding hydrogens is 202 g/mol. The van der Waals surface area contributed by atoms with Gasteiger partial charge in [0, 0.05) is 18.3 Å². The van der Waals surface area contributed by atoms with Crippen LogP contribution in [-0.2, 0) is 6.54 Å². The van der Waals surface area contributed by atoms with Gasteiger partial charge >= 0.3 is 0 Å². The zero-order valence-corrected chi connectivity index (χ0v) is 10.9. The van der Waals surface area contributed by atoms with Crippen LogP contribution in [0.5, 0.6) is 0 Å². The fourth-order valence-corrected chi connectivity index (χ4v) is 2.13. The molecule has 0 heterocycles. The lowest BCUT2D eigenvalue weighted by molar-refractivity contribution is 0.596. The van der Waals surface area contributed by atoms with Gasteiger partial charge in [0.25, 0.3) is 0 Å². The fraction of sp³-hybridized carbons (Fsp3) is 0.538. The predicted molar refractivity (Wildman–Crippen MR) is 70.6 cm³/mol. The Morgan fingerprint density at radius 3 is 2.60 bits per heavy atom. The number of nitrogens with one attached hydrogen (secondary N) is 1. The number of hydrogen-bond acceptors (Lipinski definition) is 2. The highest BCUT2D eigenvalue weighted by Crippen LogP contribution is 2.09. The molecule has 1 unspecified atom stereocenters. The number of thioether (sulfide) groups is 1. The minimum atomic E-state index is 0.585. The summed E-state index contributed by atoms with van der Waals surface area (Å²) >= 11 is 1.89. The second kappa shape index (κ2) is 6.19. The van der Waals surface area contributed by atoms with Crippen molar-refractivity contribution in [3.8, 4) is 0 Å². The van der Waals surface area contributed by atoms with Crippen LogP contribution < -0.4 is 5.32 Å². The van der Waals surface area contributed by atoms with Gasteiger partial charge in [0.1, 0.15) is 0 Å². The van der Waals surface area contributed by atoms with Gasteiger partial charge in [-0.05, 0) is 43.7 Å². The monoisotopic (exact) mass is 223 g/mol. The Hall–Kier alpha value is -0.470. The highest BCUT2D eigenvalue weighted by atomic mass is 32.2. The molecule has 1 nitrogen and oxygen atoms in total. The Morgan fingerprint density at radius 2 is 2.00 bits per heavy atom. The lowest BCUT2D eigenvalue weighted by Gasteiger charge is -2.13. The van der Waals surface area contributed by atoms with Crippen molar-refractivity contribution in [3.63, 3.8) is 0 Å². The smallest absolute Gasteiger partial charge is 0.0208 e. The van der Waals surface area contributed by atoms with Crippen LogP contribution in [0, 0.1) is 13.8 Å². The Kier molecular flexibility index (Phi) is 5.20. The molecule has 0 saturated heterocycles. The molecule has 0 spiro atoms. The molecule has 0 bridgehead atoms. The second-order valence-corrected chi connectivity index (χ2v) is 5.07. The topological polar surface area (TPSA) is 12.0 Å². The molecule has 0 amide bonds. The molecule has 0 aromatic heterocycles. The van der Waals surface area contributed by atoms with Crippen molar-refractivity contribution in [1.82, 2.24) is 5.32 Å². The first-order chi connectivity index (χ1) is 7.13. The van der Waals surface area contributed by atoms with Crippen LogP contribution in [0.4, 0.5) is 0 Å². The van der Waals surface area contributed by atoms with Crippen LogP contribution in [0.1, 0.15) is 23.6 Å². The molecule has 1 aromatic carbocycles. The number of benzene rings is 1. The molecule has 0 fully saturated rings. The summed E-state index contributed by atoms with van der Waals surface area (Å²) in [6.45, 7) is 7.54. The van der Waals surface area contributed by atoms with E-state index in [4.69, 9.17) is 0 Å². The predicted octanol–water partition coefficient (Wildman–Crippen LogP) is 3.14. The van der Waals surface area contributed by atoms with Crippen LogP contribution in [-0.4, -0.2) is 18.1 Å². The lowest BCUT2D eigenvalue weighted by Crippen LogP contribution is -2.27. The van der Waals surface area contributed by atoms with E-state index in [9.17, 15) is 0 Å². The summed E-state index contributed by atoms with van der Waals surface area (Å²) in [6.07, 6.45) is 2.15. The zero-order valence-electron chi connectivity index (χ0n) is 10.1. The summed E-state index contributed by atoms with van der Waals surface area (Å²) in [4.78, 5) is 0. The van der Waals surface area contributed by atoms with E-state index >= 15 is 0 Å². The first kappa shape index (κ1) is 12.6. The quantitative estimate of drug-likeness (QED) is 0.823. The number of rotatable bonds is 5. The number of aryl methyl sites for hydroxylation is 2. The normalized spacial score (nSPS) is 12.8.